The van der Waals surface area contributed by atoms with E-state index in [2.05, 4.69) is 20.2 Å². The molecule has 1 unspecified atom stereocenters. The molecule has 1 amide bonds. The number of methoxy groups -OCH3 is 3. The third-order valence-corrected chi connectivity index (χ3v) is 7.96. The van der Waals surface area contributed by atoms with Crippen LogP contribution in [0.4, 0.5) is 5.82 Å². The number of carbonyl (C=O) groups excluding carboxylic acids is 1. The third-order valence-electron chi connectivity index (χ3n) is 7.02. The lowest BCUT2D eigenvalue weighted by Crippen LogP contribution is -2.43. The minimum atomic E-state index is -0.0917. The second kappa shape index (κ2) is 12.8. The van der Waals surface area contributed by atoms with Crippen molar-refractivity contribution in [3.05, 3.63) is 65.9 Å². The standard InChI is InChI=1S/C30H33N5O4S/c1-37-24-9-6-20(7-10-24)25-16-28(33-19-32-25)35-14-4-5-22(17-35)29(36)31-13-12-23-18-40-30(34-23)21-8-11-26(38-2)27(15-21)39-3/h6-11,15-16,18-19,22H,4-5,12-14,17H2,1-3H3,(H,31,36). The van der Waals surface area contributed by atoms with Gasteiger partial charge in [0.2, 0.25) is 5.91 Å². The second-order valence-electron chi connectivity index (χ2n) is 9.53. The first kappa shape index (κ1) is 27.4. The fourth-order valence-electron chi connectivity index (χ4n) is 4.82. The van der Waals surface area contributed by atoms with Gasteiger partial charge >= 0.3 is 0 Å². The summed E-state index contributed by atoms with van der Waals surface area (Å²) in [5, 5.41) is 6.07. The lowest BCUT2D eigenvalue weighted by molar-refractivity contribution is -0.125. The van der Waals surface area contributed by atoms with Gasteiger partial charge in [-0.25, -0.2) is 15.0 Å². The summed E-state index contributed by atoms with van der Waals surface area (Å²) in [5.41, 5.74) is 3.76. The zero-order valence-corrected chi connectivity index (χ0v) is 23.7. The number of anilines is 1. The number of rotatable bonds is 10. The number of hydrogen-bond donors (Lipinski definition) is 1. The van der Waals surface area contributed by atoms with Crippen LogP contribution in [0.1, 0.15) is 18.5 Å². The van der Waals surface area contributed by atoms with Gasteiger partial charge in [-0.3, -0.25) is 4.79 Å². The molecule has 40 heavy (non-hydrogen) atoms. The monoisotopic (exact) mass is 559 g/mol. The Balaban J connectivity index is 1.15. The Morgan fingerprint density at radius 1 is 1.00 bits per heavy atom. The van der Waals surface area contributed by atoms with E-state index in [1.54, 1.807) is 39.0 Å². The molecule has 208 valence electrons. The normalized spacial score (nSPS) is 15.0. The molecule has 2 aromatic carbocycles. The molecule has 9 nitrogen and oxygen atoms in total. The Morgan fingerprint density at radius 3 is 2.58 bits per heavy atom. The smallest absolute Gasteiger partial charge is 0.224 e. The van der Waals surface area contributed by atoms with Crippen molar-refractivity contribution in [2.75, 3.05) is 45.9 Å². The van der Waals surface area contributed by atoms with E-state index >= 15 is 0 Å². The average molecular weight is 560 g/mol. The van der Waals surface area contributed by atoms with Gasteiger partial charge in [-0.1, -0.05) is 0 Å². The van der Waals surface area contributed by atoms with Crippen molar-refractivity contribution in [1.29, 1.82) is 0 Å². The summed E-state index contributed by atoms with van der Waals surface area (Å²) in [6.07, 6.45) is 4.05. The summed E-state index contributed by atoms with van der Waals surface area (Å²) >= 11 is 1.58. The maximum Gasteiger partial charge on any atom is 0.224 e. The summed E-state index contributed by atoms with van der Waals surface area (Å²) < 4.78 is 16.0. The molecule has 0 bridgehead atoms. The molecule has 10 heteroatoms. The summed E-state index contributed by atoms with van der Waals surface area (Å²) in [6, 6.07) is 15.6. The van der Waals surface area contributed by atoms with Gasteiger partial charge < -0.3 is 24.4 Å². The Bertz CT molecular complexity index is 1440. The molecule has 0 radical (unpaired) electrons. The fourth-order valence-corrected chi connectivity index (χ4v) is 5.67. The van der Waals surface area contributed by atoms with Crippen molar-refractivity contribution in [2.45, 2.75) is 19.3 Å². The number of ether oxygens (including phenoxy) is 3. The minimum Gasteiger partial charge on any atom is -0.497 e. The highest BCUT2D eigenvalue weighted by atomic mass is 32.1. The van der Waals surface area contributed by atoms with E-state index in [0.29, 0.717) is 31.0 Å². The molecule has 1 saturated heterocycles. The van der Waals surface area contributed by atoms with Crippen molar-refractivity contribution < 1.29 is 19.0 Å². The molecule has 1 aliphatic heterocycles. The highest BCUT2D eigenvalue weighted by Gasteiger charge is 2.26. The molecule has 0 saturated carbocycles. The fraction of sp³-hybridized carbons (Fsp3) is 0.333. The molecule has 2 aromatic heterocycles. The molecule has 1 atom stereocenters. The van der Waals surface area contributed by atoms with Crippen molar-refractivity contribution in [2.24, 2.45) is 5.92 Å². The van der Waals surface area contributed by atoms with Crippen LogP contribution in [0, 0.1) is 5.92 Å². The van der Waals surface area contributed by atoms with Gasteiger partial charge in [-0.15, -0.1) is 11.3 Å². The minimum absolute atomic E-state index is 0.0736. The third kappa shape index (κ3) is 6.34. The van der Waals surface area contributed by atoms with Crippen LogP contribution in [0.25, 0.3) is 21.8 Å². The lowest BCUT2D eigenvalue weighted by Gasteiger charge is -2.33. The first-order chi connectivity index (χ1) is 19.6. The van der Waals surface area contributed by atoms with Crippen LogP contribution >= 0.6 is 11.3 Å². The Morgan fingerprint density at radius 2 is 1.80 bits per heavy atom. The highest BCUT2D eigenvalue weighted by Crippen LogP contribution is 2.33. The lowest BCUT2D eigenvalue weighted by atomic mass is 9.97. The molecule has 0 spiro atoms. The van der Waals surface area contributed by atoms with Gasteiger partial charge in [0, 0.05) is 48.6 Å². The molecule has 1 N–H and O–H groups in total. The summed E-state index contributed by atoms with van der Waals surface area (Å²) in [7, 11) is 4.89. The first-order valence-corrected chi connectivity index (χ1v) is 14.1. The number of benzene rings is 2. The van der Waals surface area contributed by atoms with Crippen molar-refractivity contribution >= 4 is 23.1 Å². The molecular formula is C30H33N5O4S. The van der Waals surface area contributed by atoms with Gasteiger partial charge in [0.1, 0.15) is 22.9 Å². The average Bonchev–Trinajstić information content (AvgIpc) is 3.49. The van der Waals surface area contributed by atoms with Crippen LogP contribution in [-0.2, 0) is 11.2 Å². The van der Waals surface area contributed by atoms with Crippen molar-refractivity contribution in [1.82, 2.24) is 20.3 Å². The highest BCUT2D eigenvalue weighted by molar-refractivity contribution is 7.13. The number of piperidine rings is 1. The number of nitrogens with one attached hydrogen (secondary N) is 1. The van der Waals surface area contributed by atoms with Gasteiger partial charge in [-0.05, 0) is 55.3 Å². The van der Waals surface area contributed by atoms with E-state index in [4.69, 9.17) is 19.2 Å². The molecule has 0 aliphatic carbocycles. The van der Waals surface area contributed by atoms with Crippen LogP contribution in [0.2, 0.25) is 0 Å². The predicted octanol–water partition coefficient (Wildman–Crippen LogP) is 4.87. The van der Waals surface area contributed by atoms with Crippen molar-refractivity contribution in [3.63, 3.8) is 0 Å². The summed E-state index contributed by atoms with van der Waals surface area (Å²) in [4.78, 5) is 28.9. The van der Waals surface area contributed by atoms with E-state index < -0.39 is 0 Å². The van der Waals surface area contributed by atoms with Crippen LogP contribution in [-0.4, -0.2) is 61.8 Å². The molecule has 5 rings (SSSR count). The van der Waals surface area contributed by atoms with E-state index in [1.807, 2.05) is 53.9 Å². The van der Waals surface area contributed by atoms with Gasteiger partial charge in [0.05, 0.1) is 38.6 Å². The number of amides is 1. The van der Waals surface area contributed by atoms with E-state index in [1.165, 1.54) is 0 Å². The SMILES string of the molecule is COc1ccc(-c2cc(N3CCCC(C(=O)NCCc4csc(-c5ccc(OC)c(OC)c5)n4)C3)ncn2)cc1. The molecule has 1 aliphatic rings. The van der Waals surface area contributed by atoms with E-state index in [9.17, 15) is 4.79 Å². The van der Waals surface area contributed by atoms with E-state index in [0.717, 1.165) is 58.5 Å². The Kier molecular flexibility index (Phi) is 8.75. The van der Waals surface area contributed by atoms with Crippen LogP contribution in [0.5, 0.6) is 17.2 Å². The van der Waals surface area contributed by atoms with E-state index in [-0.39, 0.29) is 11.8 Å². The number of hydrogen-bond acceptors (Lipinski definition) is 9. The molecule has 1 fully saturated rings. The van der Waals surface area contributed by atoms with Crippen LogP contribution < -0.4 is 24.4 Å². The zero-order chi connectivity index (χ0) is 27.9. The van der Waals surface area contributed by atoms with Crippen LogP contribution in [0.3, 0.4) is 0 Å². The number of aromatic nitrogens is 3. The Labute approximate surface area is 238 Å². The summed E-state index contributed by atoms with van der Waals surface area (Å²) in [6.45, 7) is 2.03. The number of carbonyl (C=O) groups is 1. The largest absolute Gasteiger partial charge is 0.497 e. The topological polar surface area (TPSA) is 98.7 Å². The number of thiazole rings is 1. The second-order valence-corrected chi connectivity index (χ2v) is 10.4. The van der Waals surface area contributed by atoms with Crippen LogP contribution in [0.15, 0.2) is 60.2 Å². The first-order valence-electron chi connectivity index (χ1n) is 13.2. The maximum absolute atomic E-state index is 13.0. The van der Waals surface area contributed by atoms with Gasteiger partial charge in [0.25, 0.3) is 0 Å². The van der Waals surface area contributed by atoms with Gasteiger partial charge in [0.15, 0.2) is 11.5 Å². The van der Waals surface area contributed by atoms with Gasteiger partial charge in [-0.2, -0.15) is 0 Å². The quantitative estimate of drug-likeness (QED) is 0.294. The Hall–Kier alpha value is -4.18. The summed E-state index contributed by atoms with van der Waals surface area (Å²) in [5.74, 6) is 2.98. The molecular weight excluding hydrogens is 526 g/mol. The maximum atomic E-state index is 13.0. The number of nitrogens with zero attached hydrogens (tertiary/aromatic N) is 4. The molecule has 3 heterocycles. The predicted molar refractivity (Wildman–Crippen MR) is 156 cm³/mol. The zero-order valence-electron chi connectivity index (χ0n) is 22.9. The van der Waals surface area contributed by atoms with Crippen molar-refractivity contribution in [3.8, 4) is 39.1 Å². The molecule has 4 aromatic rings.